The summed E-state index contributed by atoms with van der Waals surface area (Å²) in [5, 5.41) is 17.7. The highest BCUT2D eigenvalue weighted by atomic mass is 16.4. The zero-order chi connectivity index (χ0) is 26.8. The predicted molar refractivity (Wildman–Crippen MR) is 132 cm³/mol. The molecule has 0 radical (unpaired) electrons. The van der Waals surface area contributed by atoms with Crippen molar-refractivity contribution < 1.29 is 29.1 Å². The number of rotatable bonds is 14. The highest BCUT2D eigenvalue weighted by Gasteiger charge is 2.26. The number of carboxylic acid groups (broad SMARTS) is 1. The molecule has 0 saturated carbocycles. The first-order valence-corrected chi connectivity index (χ1v) is 11.7. The second-order valence-corrected chi connectivity index (χ2v) is 9.04. The highest BCUT2D eigenvalue weighted by Crippen LogP contribution is 2.19. The summed E-state index contributed by atoms with van der Waals surface area (Å²) in [5.74, 6) is -3.76. The van der Waals surface area contributed by atoms with Crippen molar-refractivity contribution in [1.29, 1.82) is 0 Å². The Kier molecular flexibility index (Phi) is 10.4. The van der Waals surface area contributed by atoms with Gasteiger partial charge in [-0.3, -0.25) is 19.2 Å². The fourth-order valence-corrected chi connectivity index (χ4v) is 3.71. The molecule has 196 valence electrons. The number of amides is 4. The number of benzene rings is 1. The minimum Gasteiger partial charge on any atom is -0.480 e. The Morgan fingerprint density at radius 1 is 1.03 bits per heavy atom. The van der Waals surface area contributed by atoms with E-state index in [0.29, 0.717) is 12.0 Å². The Morgan fingerprint density at radius 2 is 1.72 bits per heavy atom. The fourth-order valence-electron chi connectivity index (χ4n) is 3.71. The van der Waals surface area contributed by atoms with Crippen molar-refractivity contribution in [3.05, 3.63) is 36.0 Å². The van der Waals surface area contributed by atoms with E-state index < -0.39 is 54.3 Å². The van der Waals surface area contributed by atoms with Crippen LogP contribution in [0.2, 0.25) is 0 Å². The Balaban J connectivity index is 1.97. The first kappa shape index (κ1) is 28.3. The van der Waals surface area contributed by atoms with Crippen LogP contribution < -0.4 is 27.4 Å². The van der Waals surface area contributed by atoms with Gasteiger partial charge in [0.2, 0.25) is 23.6 Å². The third-order valence-electron chi connectivity index (χ3n) is 5.53. The molecular weight excluding hydrogens is 468 g/mol. The van der Waals surface area contributed by atoms with Crippen LogP contribution in [0.4, 0.5) is 0 Å². The van der Waals surface area contributed by atoms with Crippen molar-refractivity contribution in [3.63, 3.8) is 0 Å². The number of nitrogens with two attached hydrogens (primary N) is 2. The van der Waals surface area contributed by atoms with Gasteiger partial charge in [0.15, 0.2) is 0 Å². The van der Waals surface area contributed by atoms with E-state index in [2.05, 4.69) is 20.9 Å². The lowest BCUT2D eigenvalue weighted by Crippen LogP contribution is -2.54. The van der Waals surface area contributed by atoms with Crippen molar-refractivity contribution in [2.45, 2.75) is 57.7 Å². The molecule has 1 aromatic carbocycles. The maximum atomic E-state index is 12.6. The van der Waals surface area contributed by atoms with Gasteiger partial charge in [0.1, 0.15) is 12.1 Å². The largest absolute Gasteiger partial charge is 0.480 e. The van der Waals surface area contributed by atoms with Crippen molar-refractivity contribution in [3.8, 4) is 0 Å². The Morgan fingerprint density at radius 3 is 2.36 bits per heavy atom. The molecule has 0 saturated heterocycles. The van der Waals surface area contributed by atoms with Gasteiger partial charge in [0.05, 0.1) is 12.6 Å². The Hall–Kier alpha value is -3.93. The first-order chi connectivity index (χ1) is 17.0. The molecular formula is C24H34N6O6. The van der Waals surface area contributed by atoms with Crippen LogP contribution in [-0.2, 0) is 30.4 Å². The molecule has 0 aliphatic heterocycles. The summed E-state index contributed by atoms with van der Waals surface area (Å²) in [6.45, 7) is 3.26. The molecule has 36 heavy (non-hydrogen) atoms. The number of primary amides is 1. The summed E-state index contributed by atoms with van der Waals surface area (Å²) < 4.78 is 0. The predicted octanol–water partition coefficient (Wildman–Crippen LogP) is -0.480. The molecule has 4 amide bonds. The van der Waals surface area contributed by atoms with Gasteiger partial charge in [-0.15, -0.1) is 0 Å². The summed E-state index contributed by atoms with van der Waals surface area (Å²) in [4.78, 5) is 63.4. The summed E-state index contributed by atoms with van der Waals surface area (Å²) >= 11 is 0. The van der Waals surface area contributed by atoms with E-state index in [1.54, 1.807) is 6.20 Å². The van der Waals surface area contributed by atoms with E-state index in [4.69, 9.17) is 11.5 Å². The molecule has 3 unspecified atom stereocenters. The van der Waals surface area contributed by atoms with Crippen LogP contribution in [0.3, 0.4) is 0 Å². The van der Waals surface area contributed by atoms with E-state index in [1.165, 1.54) is 0 Å². The van der Waals surface area contributed by atoms with Crippen LogP contribution in [0.15, 0.2) is 30.5 Å². The number of hydrogen-bond acceptors (Lipinski definition) is 6. The number of fused-ring (bicyclic) bond motifs is 1. The molecule has 1 heterocycles. The maximum absolute atomic E-state index is 12.6. The lowest BCUT2D eigenvalue weighted by molar-refractivity contribution is -0.141. The molecule has 3 atom stereocenters. The lowest BCUT2D eigenvalue weighted by Gasteiger charge is -2.21. The number of hydrogen-bond donors (Lipinski definition) is 7. The van der Waals surface area contributed by atoms with Crippen LogP contribution in [0.1, 0.15) is 38.7 Å². The first-order valence-electron chi connectivity index (χ1n) is 11.7. The number of carboxylic acids is 1. The minimum absolute atomic E-state index is 0.0318. The summed E-state index contributed by atoms with van der Waals surface area (Å²) in [6, 6.07) is 4.15. The SMILES string of the molecule is CC(C)CC(N)C(=O)NC(CCC(N)=O)C(=O)NCC(=O)NC(Cc1c[nH]c2ccccc12)C(=O)O. The quantitative estimate of drug-likeness (QED) is 0.180. The summed E-state index contributed by atoms with van der Waals surface area (Å²) in [6.07, 6.45) is 1.86. The number of nitrogens with one attached hydrogen (secondary N) is 4. The van der Waals surface area contributed by atoms with Gasteiger partial charge >= 0.3 is 5.97 Å². The van der Waals surface area contributed by atoms with E-state index in [-0.39, 0.29) is 25.2 Å². The van der Waals surface area contributed by atoms with Crippen LogP contribution in [-0.4, -0.2) is 64.4 Å². The fraction of sp³-hybridized carbons (Fsp3) is 0.458. The minimum atomic E-state index is -1.23. The third-order valence-corrected chi connectivity index (χ3v) is 5.53. The van der Waals surface area contributed by atoms with Crippen molar-refractivity contribution in [2.75, 3.05) is 6.54 Å². The zero-order valence-corrected chi connectivity index (χ0v) is 20.4. The number of H-pyrrole nitrogens is 1. The normalized spacial score (nSPS) is 13.6. The molecule has 12 heteroatoms. The monoisotopic (exact) mass is 502 g/mol. The van der Waals surface area contributed by atoms with Gasteiger partial charge in [-0.1, -0.05) is 32.0 Å². The number of aromatic amines is 1. The molecule has 2 aromatic rings. The second kappa shape index (κ2) is 13.2. The third kappa shape index (κ3) is 8.69. The number of aliphatic carboxylic acids is 1. The van der Waals surface area contributed by atoms with E-state index in [1.807, 2.05) is 38.1 Å². The number of aromatic nitrogens is 1. The molecule has 2 rings (SSSR count). The second-order valence-electron chi connectivity index (χ2n) is 9.04. The Bertz CT molecular complexity index is 1100. The maximum Gasteiger partial charge on any atom is 0.326 e. The average Bonchev–Trinajstić information content (AvgIpc) is 3.21. The number of carbonyl (C=O) groups is 5. The highest BCUT2D eigenvalue weighted by molar-refractivity contribution is 5.93. The van der Waals surface area contributed by atoms with Gasteiger partial charge in [0, 0.05) is 29.9 Å². The van der Waals surface area contributed by atoms with Gasteiger partial charge < -0.3 is 37.5 Å². The molecule has 0 bridgehead atoms. The lowest BCUT2D eigenvalue weighted by atomic mass is 10.0. The standard InChI is InChI=1S/C24H34N6O6/c1-13(2)9-16(25)22(33)30-18(7-8-20(26)31)23(34)28-12-21(32)29-19(24(35)36)10-14-11-27-17-6-4-3-5-15(14)17/h3-6,11,13,16,18-19,27H,7-10,12,25H2,1-2H3,(H2,26,31)(H,28,34)(H,29,32)(H,30,33)(H,35,36). The smallest absolute Gasteiger partial charge is 0.326 e. The van der Waals surface area contributed by atoms with Gasteiger partial charge in [-0.05, 0) is 30.4 Å². The number of para-hydroxylation sites is 1. The van der Waals surface area contributed by atoms with Crippen molar-refractivity contribution in [1.82, 2.24) is 20.9 Å². The van der Waals surface area contributed by atoms with Gasteiger partial charge in [0.25, 0.3) is 0 Å². The number of carbonyl (C=O) groups excluding carboxylic acids is 4. The van der Waals surface area contributed by atoms with Crippen LogP contribution in [0.5, 0.6) is 0 Å². The molecule has 0 spiro atoms. The van der Waals surface area contributed by atoms with Crippen molar-refractivity contribution >= 4 is 40.5 Å². The molecule has 0 aliphatic carbocycles. The average molecular weight is 503 g/mol. The van der Waals surface area contributed by atoms with E-state index in [0.717, 1.165) is 10.9 Å². The van der Waals surface area contributed by atoms with Crippen molar-refractivity contribution in [2.24, 2.45) is 17.4 Å². The van der Waals surface area contributed by atoms with Crippen LogP contribution in [0.25, 0.3) is 10.9 Å². The molecule has 0 aliphatic rings. The zero-order valence-electron chi connectivity index (χ0n) is 20.4. The molecule has 1 aromatic heterocycles. The topological polar surface area (TPSA) is 209 Å². The van der Waals surface area contributed by atoms with Gasteiger partial charge in [-0.2, -0.15) is 0 Å². The summed E-state index contributed by atoms with van der Waals surface area (Å²) in [7, 11) is 0. The summed E-state index contributed by atoms with van der Waals surface area (Å²) in [5.41, 5.74) is 12.6. The van der Waals surface area contributed by atoms with Crippen LogP contribution in [0, 0.1) is 5.92 Å². The van der Waals surface area contributed by atoms with E-state index in [9.17, 15) is 29.1 Å². The molecule has 12 nitrogen and oxygen atoms in total. The van der Waals surface area contributed by atoms with E-state index >= 15 is 0 Å². The molecule has 0 fully saturated rings. The van der Waals surface area contributed by atoms with Gasteiger partial charge in [-0.25, -0.2) is 4.79 Å². The Labute approximate surface area is 208 Å². The molecule has 9 N–H and O–H groups in total. The van der Waals surface area contributed by atoms with Crippen LogP contribution >= 0.6 is 0 Å².